The van der Waals surface area contributed by atoms with E-state index in [1.54, 1.807) is 0 Å². The molecule has 0 spiro atoms. The van der Waals surface area contributed by atoms with E-state index in [9.17, 15) is 0 Å². The van der Waals surface area contributed by atoms with E-state index >= 15 is 0 Å². The largest absolute Gasteiger partial charge is 0.379 e. The van der Waals surface area contributed by atoms with Crippen LogP contribution in [0, 0.1) is 11.8 Å². The summed E-state index contributed by atoms with van der Waals surface area (Å²) in [6, 6.07) is 0. The highest BCUT2D eigenvalue weighted by molar-refractivity contribution is 4.67. The maximum absolute atomic E-state index is 5.77. The molecule has 0 aliphatic heterocycles. The Hall–Kier alpha value is -0.120. The lowest BCUT2D eigenvalue weighted by molar-refractivity contribution is -0.0898. The smallest absolute Gasteiger partial charge is 0.0859 e. The van der Waals surface area contributed by atoms with E-state index in [2.05, 4.69) is 41.5 Å². The molecule has 0 unspecified atom stereocenters. The van der Waals surface area contributed by atoms with Crippen LogP contribution in [0.5, 0.6) is 0 Å². The van der Waals surface area contributed by atoms with E-state index in [0.29, 0.717) is 31.7 Å². The van der Waals surface area contributed by atoms with Gasteiger partial charge in [-0.3, -0.25) is 0 Å². The molecule has 0 N–H and O–H groups in total. The Kier molecular flexibility index (Phi) is 8.83. The Labute approximate surface area is 107 Å². The summed E-state index contributed by atoms with van der Waals surface area (Å²) >= 11 is 0. The fraction of sp³-hybridized carbons (Fsp3) is 1.00. The second-order valence-corrected chi connectivity index (χ2v) is 5.99. The van der Waals surface area contributed by atoms with Crippen LogP contribution in [0.3, 0.4) is 0 Å². The Morgan fingerprint density at radius 1 is 0.824 bits per heavy atom. The molecule has 0 bridgehead atoms. The molecule has 0 aromatic rings. The van der Waals surface area contributed by atoms with Crippen LogP contribution in [-0.2, 0) is 14.2 Å². The van der Waals surface area contributed by atoms with Crippen LogP contribution in [0.4, 0.5) is 0 Å². The Balaban J connectivity index is 3.45. The summed E-state index contributed by atoms with van der Waals surface area (Å²) in [5.41, 5.74) is -0.206. The van der Waals surface area contributed by atoms with Crippen LogP contribution in [0.15, 0.2) is 0 Å². The van der Waals surface area contributed by atoms with E-state index < -0.39 is 0 Å². The molecule has 0 aromatic carbocycles. The van der Waals surface area contributed by atoms with E-state index in [-0.39, 0.29) is 5.60 Å². The maximum atomic E-state index is 5.77. The molecule has 104 valence electrons. The van der Waals surface area contributed by atoms with Crippen molar-refractivity contribution in [3.8, 4) is 0 Å². The Morgan fingerprint density at radius 3 is 1.88 bits per heavy atom. The highest BCUT2D eigenvalue weighted by Gasteiger charge is 2.18. The Morgan fingerprint density at radius 2 is 1.35 bits per heavy atom. The van der Waals surface area contributed by atoms with Crippen LogP contribution >= 0.6 is 0 Å². The lowest BCUT2D eigenvalue weighted by atomic mass is 10.1. The van der Waals surface area contributed by atoms with Gasteiger partial charge < -0.3 is 14.2 Å². The summed E-state index contributed by atoms with van der Waals surface area (Å²) in [7, 11) is 0. The normalized spacial score (nSPS) is 12.7. The van der Waals surface area contributed by atoms with Gasteiger partial charge in [0, 0.05) is 13.2 Å². The zero-order chi connectivity index (χ0) is 13.3. The first-order valence-electron chi connectivity index (χ1n) is 6.63. The molecule has 0 aromatic heterocycles. The van der Waals surface area contributed by atoms with Gasteiger partial charge in [-0.25, -0.2) is 0 Å². The molecule has 0 rings (SSSR count). The van der Waals surface area contributed by atoms with Gasteiger partial charge in [-0.05, 0) is 25.7 Å². The lowest BCUT2D eigenvalue weighted by Crippen LogP contribution is -2.32. The molecule has 0 saturated heterocycles. The summed E-state index contributed by atoms with van der Waals surface area (Å²) in [6.07, 6.45) is 0. The van der Waals surface area contributed by atoms with Gasteiger partial charge in [-0.2, -0.15) is 0 Å². The number of rotatable bonds is 10. The molecule has 0 aliphatic carbocycles. The van der Waals surface area contributed by atoms with Crippen molar-refractivity contribution in [3.63, 3.8) is 0 Å². The van der Waals surface area contributed by atoms with Crippen molar-refractivity contribution in [2.24, 2.45) is 11.8 Å². The zero-order valence-corrected chi connectivity index (χ0v) is 12.4. The standard InChI is InChI=1S/C14H30O3/c1-12(2)9-15-7-8-16-11-14(5,6)17-10-13(3)4/h12-13H,7-11H2,1-6H3. The average Bonchev–Trinajstić information content (AvgIpc) is 2.20. The average molecular weight is 246 g/mol. The highest BCUT2D eigenvalue weighted by Crippen LogP contribution is 2.11. The lowest BCUT2D eigenvalue weighted by Gasteiger charge is -2.26. The van der Waals surface area contributed by atoms with Gasteiger partial charge in [0.15, 0.2) is 0 Å². The summed E-state index contributed by atoms with van der Waals surface area (Å²) in [5.74, 6) is 1.14. The summed E-state index contributed by atoms with van der Waals surface area (Å²) in [5, 5.41) is 0. The van der Waals surface area contributed by atoms with E-state index in [0.717, 1.165) is 13.2 Å². The van der Waals surface area contributed by atoms with Gasteiger partial charge in [0.2, 0.25) is 0 Å². The minimum Gasteiger partial charge on any atom is -0.379 e. The number of hydrogen-bond acceptors (Lipinski definition) is 3. The Bertz CT molecular complexity index is 176. The predicted molar refractivity (Wildman–Crippen MR) is 71.3 cm³/mol. The van der Waals surface area contributed by atoms with Gasteiger partial charge in [0.25, 0.3) is 0 Å². The molecule has 0 fully saturated rings. The van der Waals surface area contributed by atoms with Crippen molar-refractivity contribution < 1.29 is 14.2 Å². The van der Waals surface area contributed by atoms with Crippen LogP contribution in [-0.4, -0.2) is 38.6 Å². The predicted octanol–water partition coefficient (Wildman–Crippen LogP) is 3.13. The third-order valence-corrected chi connectivity index (χ3v) is 2.08. The van der Waals surface area contributed by atoms with E-state index in [1.165, 1.54) is 0 Å². The van der Waals surface area contributed by atoms with Crippen molar-refractivity contribution in [2.75, 3.05) is 33.0 Å². The molecule has 3 nitrogen and oxygen atoms in total. The first kappa shape index (κ1) is 16.9. The van der Waals surface area contributed by atoms with Crippen molar-refractivity contribution >= 4 is 0 Å². The van der Waals surface area contributed by atoms with Crippen molar-refractivity contribution in [1.82, 2.24) is 0 Å². The second-order valence-electron chi connectivity index (χ2n) is 5.99. The van der Waals surface area contributed by atoms with Crippen LogP contribution in [0.1, 0.15) is 41.5 Å². The zero-order valence-electron chi connectivity index (χ0n) is 12.4. The van der Waals surface area contributed by atoms with Crippen molar-refractivity contribution in [1.29, 1.82) is 0 Å². The van der Waals surface area contributed by atoms with E-state index in [4.69, 9.17) is 14.2 Å². The topological polar surface area (TPSA) is 27.7 Å². The fourth-order valence-corrected chi connectivity index (χ4v) is 1.19. The minimum atomic E-state index is -0.206. The third kappa shape index (κ3) is 12.1. The molecular weight excluding hydrogens is 216 g/mol. The number of ether oxygens (including phenoxy) is 3. The summed E-state index contributed by atoms with van der Waals surface area (Å²) in [4.78, 5) is 0. The van der Waals surface area contributed by atoms with E-state index in [1.807, 2.05) is 0 Å². The van der Waals surface area contributed by atoms with Gasteiger partial charge in [0.05, 0.1) is 25.4 Å². The molecule has 0 amide bonds. The molecular formula is C14H30O3. The monoisotopic (exact) mass is 246 g/mol. The molecule has 0 radical (unpaired) electrons. The van der Waals surface area contributed by atoms with Crippen LogP contribution in [0.25, 0.3) is 0 Å². The fourth-order valence-electron chi connectivity index (χ4n) is 1.19. The van der Waals surface area contributed by atoms with Gasteiger partial charge in [-0.1, -0.05) is 27.7 Å². The highest BCUT2D eigenvalue weighted by atomic mass is 16.6. The van der Waals surface area contributed by atoms with Gasteiger partial charge in [0.1, 0.15) is 0 Å². The quantitative estimate of drug-likeness (QED) is 0.554. The molecule has 0 atom stereocenters. The molecule has 3 heteroatoms. The SMILES string of the molecule is CC(C)COCCOCC(C)(C)OCC(C)C. The second kappa shape index (κ2) is 8.90. The molecule has 0 saturated carbocycles. The van der Waals surface area contributed by atoms with Crippen molar-refractivity contribution in [2.45, 2.75) is 47.1 Å². The third-order valence-electron chi connectivity index (χ3n) is 2.08. The maximum Gasteiger partial charge on any atom is 0.0859 e. The molecule has 0 aliphatic rings. The van der Waals surface area contributed by atoms with Gasteiger partial charge >= 0.3 is 0 Å². The van der Waals surface area contributed by atoms with Crippen LogP contribution in [0.2, 0.25) is 0 Å². The first-order valence-corrected chi connectivity index (χ1v) is 6.63. The molecule has 17 heavy (non-hydrogen) atoms. The minimum absolute atomic E-state index is 0.206. The summed E-state index contributed by atoms with van der Waals surface area (Å²) < 4.78 is 16.8. The first-order chi connectivity index (χ1) is 7.83. The molecule has 0 heterocycles. The number of hydrogen-bond donors (Lipinski definition) is 0. The van der Waals surface area contributed by atoms with Crippen molar-refractivity contribution in [3.05, 3.63) is 0 Å². The van der Waals surface area contributed by atoms with Crippen LogP contribution < -0.4 is 0 Å². The van der Waals surface area contributed by atoms with Gasteiger partial charge in [-0.15, -0.1) is 0 Å². The summed E-state index contributed by atoms with van der Waals surface area (Å²) in [6.45, 7) is 16.2.